The normalized spacial score (nSPS) is 13.8. The van der Waals surface area contributed by atoms with E-state index in [1.54, 1.807) is 12.3 Å². The number of nitrogens with zero attached hydrogens (tertiary/aromatic N) is 2. The van der Waals surface area contributed by atoms with Gasteiger partial charge in [-0.05, 0) is 41.7 Å². The number of aliphatic hydroxyl groups excluding tert-OH is 1. The Hall–Kier alpha value is -2.70. The molecule has 6 heteroatoms. The molecule has 0 aliphatic carbocycles. The zero-order valence-electron chi connectivity index (χ0n) is 18.9. The molecule has 2 unspecified atom stereocenters. The molecule has 3 rings (SSSR count). The predicted octanol–water partition coefficient (Wildman–Crippen LogP) is 4.28. The highest BCUT2D eigenvalue weighted by Gasteiger charge is 2.22. The van der Waals surface area contributed by atoms with Crippen molar-refractivity contribution in [3.63, 3.8) is 0 Å². The Morgan fingerprint density at radius 2 is 1.97 bits per heavy atom. The average Bonchev–Trinajstić information content (AvgIpc) is 3.12. The Morgan fingerprint density at radius 1 is 1.19 bits per heavy atom. The number of rotatable bonds is 8. The first kappa shape index (κ1) is 23.0. The van der Waals surface area contributed by atoms with Gasteiger partial charge in [0.1, 0.15) is 30.1 Å². The number of imidazole rings is 1. The first-order chi connectivity index (χ1) is 14.6. The lowest BCUT2D eigenvalue weighted by Gasteiger charge is -2.25. The summed E-state index contributed by atoms with van der Waals surface area (Å²) in [6.45, 7) is 8.90. The minimum Gasteiger partial charge on any atom is -0.491 e. The van der Waals surface area contributed by atoms with Gasteiger partial charge >= 0.3 is 0 Å². The van der Waals surface area contributed by atoms with Crippen molar-refractivity contribution in [2.75, 3.05) is 13.2 Å². The van der Waals surface area contributed by atoms with Crippen LogP contribution in [0.3, 0.4) is 0 Å². The van der Waals surface area contributed by atoms with Gasteiger partial charge in [-0.1, -0.05) is 50.6 Å². The van der Waals surface area contributed by atoms with E-state index in [0.29, 0.717) is 0 Å². The summed E-state index contributed by atoms with van der Waals surface area (Å²) in [4.78, 5) is 4.41. The van der Waals surface area contributed by atoms with Gasteiger partial charge in [0, 0.05) is 26.0 Å². The largest absolute Gasteiger partial charge is 0.491 e. The zero-order valence-corrected chi connectivity index (χ0v) is 18.9. The molecule has 0 aliphatic heterocycles. The number of aliphatic hydroxyl groups is 1. The molecule has 0 spiro atoms. The maximum absolute atomic E-state index is 13.8. The van der Waals surface area contributed by atoms with E-state index in [1.165, 1.54) is 17.7 Å². The number of hydrogen-bond acceptors (Lipinski definition) is 4. The lowest BCUT2D eigenvalue weighted by molar-refractivity contribution is 0.103. The molecule has 5 nitrogen and oxygen atoms in total. The summed E-state index contributed by atoms with van der Waals surface area (Å²) in [5.74, 6) is 1.21. The first-order valence-corrected chi connectivity index (χ1v) is 10.5. The Kier molecular flexibility index (Phi) is 7.13. The molecule has 1 heterocycles. The highest BCUT2D eigenvalue weighted by molar-refractivity contribution is 5.41. The smallest absolute Gasteiger partial charge is 0.130 e. The maximum Gasteiger partial charge on any atom is 0.130 e. The number of aromatic nitrogens is 2. The van der Waals surface area contributed by atoms with Crippen molar-refractivity contribution in [2.45, 2.75) is 45.3 Å². The lowest BCUT2D eigenvalue weighted by atomic mass is 9.85. The molecule has 0 bridgehead atoms. The topological polar surface area (TPSA) is 59.3 Å². The molecule has 0 saturated carbocycles. The molecule has 2 atom stereocenters. The van der Waals surface area contributed by atoms with Gasteiger partial charge < -0.3 is 19.7 Å². The average molecular weight is 426 g/mol. The van der Waals surface area contributed by atoms with Crippen LogP contribution in [0.15, 0.2) is 54.9 Å². The van der Waals surface area contributed by atoms with Gasteiger partial charge in [-0.25, -0.2) is 9.37 Å². The molecule has 3 aromatic rings. The summed E-state index contributed by atoms with van der Waals surface area (Å²) in [5, 5.41) is 13.9. The van der Waals surface area contributed by atoms with E-state index in [4.69, 9.17) is 4.74 Å². The van der Waals surface area contributed by atoms with Crippen LogP contribution in [0.5, 0.6) is 5.75 Å². The van der Waals surface area contributed by atoms with Crippen LogP contribution in [-0.4, -0.2) is 33.9 Å². The van der Waals surface area contributed by atoms with Gasteiger partial charge in [-0.3, -0.25) is 0 Å². The van der Waals surface area contributed by atoms with Crippen LogP contribution in [0.2, 0.25) is 0 Å². The Morgan fingerprint density at radius 3 is 2.61 bits per heavy atom. The summed E-state index contributed by atoms with van der Waals surface area (Å²) >= 11 is 0. The van der Waals surface area contributed by atoms with Crippen LogP contribution in [0, 0.1) is 12.7 Å². The van der Waals surface area contributed by atoms with Crippen LogP contribution in [0.1, 0.15) is 49.3 Å². The fourth-order valence-electron chi connectivity index (χ4n) is 3.55. The molecule has 31 heavy (non-hydrogen) atoms. The van der Waals surface area contributed by atoms with Crippen LogP contribution >= 0.6 is 0 Å². The van der Waals surface area contributed by atoms with Crippen molar-refractivity contribution >= 4 is 0 Å². The lowest BCUT2D eigenvalue weighted by Crippen LogP contribution is -2.35. The van der Waals surface area contributed by atoms with Gasteiger partial charge in [0.05, 0.1) is 6.04 Å². The standard InChI is InChI=1S/C25H32FN3O2/c1-17-9-10-22(21(13-17)25(2,3)4)31-16-20(30)15-28-23(24-27-11-12-29(24)5)18-7-6-8-19(26)14-18/h6-14,20,23,28,30H,15-16H2,1-5H3. The third kappa shape index (κ3) is 5.93. The maximum atomic E-state index is 13.8. The fraction of sp³-hybridized carbons (Fsp3) is 0.400. The minimum atomic E-state index is -0.745. The summed E-state index contributed by atoms with van der Waals surface area (Å²) in [7, 11) is 1.89. The van der Waals surface area contributed by atoms with Gasteiger partial charge in [0.25, 0.3) is 0 Å². The van der Waals surface area contributed by atoms with E-state index in [1.807, 2.05) is 36.0 Å². The summed E-state index contributed by atoms with van der Waals surface area (Å²) in [6.07, 6.45) is 2.80. The van der Waals surface area contributed by atoms with Gasteiger partial charge in [0.15, 0.2) is 0 Å². The second kappa shape index (κ2) is 9.62. The monoisotopic (exact) mass is 425 g/mol. The number of halogens is 1. The summed E-state index contributed by atoms with van der Waals surface area (Å²) in [5.41, 5.74) is 2.97. The number of hydrogen-bond donors (Lipinski definition) is 2. The van der Waals surface area contributed by atoms with E-state index in [9.17, 15) is 9.50 Å². The Balaban J connectivity index is 1.69. The van der Waals surface area contributed by atoms with Crippen molar-refractivity contribution in [3.05, 3.63) is 83.2 Å². The van der Waals surface area contributed by atoms with E-state index in [-0.39, 0.29) is 30.4 Å². The van der Waals surface area contributed by atoms with Crippen LogP contribution in [0.4, 0.5) is 4.39 Å². The SMILES string of the molecule is Cc1ccc(OCC(O)CNC(c2cccc(F)c2)c2nccn2C)c(C(C)(C)C)c1. The van der Waals surface area contributed by atoms with E-state index < -0.39 is 6.10 Å². The van der Waals surface area contributed by atoms with E-state index in [2.05, 4.69) is 44.1 Å². The van der Waals surface area contributed by atoms with E-state index in [0.717, 1.165) is 22.7 Å². The third-order valence-electron chi connectivity index (χ3n) is 5.23. The number of benzene rings is 2. The van der Waals surface area contributed by atoms with Crippen LogP contribution in [-0.2, 0) is 12.5 Å². The molecule has 0 saturated heterocycles. The second-order valence-corrected chi connectivity index (χ2v) is 9.01. The Labute approximate surface area is 183 Å². The third-order valence-corrected chi connectivity index (χ3v) is 5.23. The quantitative estimate of drug-likeness (QED) is 0.565. The zero-order chi connectivity index (χ0) is 22.6. The molecular weight excluding hydrogens is 393 g/mol. The molecule has 2 aromatic carbocycles. The van der Waals surface area contributed by atoms with Crippen molar-refractivity contribution in [3.8, 4) is 5.75 Å². The molecule has 1 aromatic heterocycles. The molecule has 0 radical (unpaired) electrons. The highest BCUT2D eigenvalue weighted by Crippen LogP contribution is 2.32. The number of ether oxygens (including phenoxy) is 1. The highest BCUT2D eigenvalue weighted by atomic mass is 19.1. The van der Waals surface area contributed by atoms with Crippen molar-refractivity contribution < 1.29 is 14.2 Å². The van der Waals surface area contributed by atoms with E-state index >= 15 is 0 Å². The molecular formula is C25H32FN3O2. The van der Waals surface area contributed by atoms with Crippen molar-refractivity contribution in [1.82, 2.24) is 14.9 Å². The molecule has 166 valence electrons. The molecule has 0 aliphatic rings. The van der Waals surface area contributed by atoms with Gasteiger partial charge in [-0.15, -0.1) is 0 Å². The van der Waals surface area contributed by atoms with Crippen molar-refractivity contribution in [2.24, 2.45) is 7.05 Å². The van der Waals surface area contributed by atoms with Gasteiger partial charge in [-0.2, -0.15) is 0 Å². The number of nitrogens with one attached hydrogen (secondary N) is 1. The first-order valence-electron chi connectivity index (χ1n) is 10.5. The molecule has 0 fully saturated rings. The number of aryl methyl sites for hydroxylation is 2. The second-order valence-electron chi connectivity index (χ2n) is 9.01. The predicted molar refractivity (Wildman–Crippen MR) is 121 cm³/mol. The van der Waals surface area contributed by atoms with Crippen molar-refractivity contribution in [1.29, 1.82) is 0 Å². The summed E-state index contributed by atoms with van der Waals surface area (Å²) in [6, 6.07) is 12.2. The molecule has 2 N–H and O–H groups in total. The minimum absolute atomic E-state index is 0.0643. The summed E-state index contributed by atoms with van der Waals surface area (Å²) < 4.78 is 21.7. The van der Waals surface area contributed by atoms with Crippen LogP contribution < -0.4 is 10.1 Å². The molecule has 0 amide bonds. The van der Waals surface area contributed by atoms with Gasteiger partial charge in [0.2, 0.25) is 0 Å². The Bertz CT molecular complexity index is 1010. The van der Waals surface area contributed by atoms with Crippen LogP contribution in [0.25, 0.3) is 0 Å². The fourth-order valence-corrected chi connectivity index (χ4v) is 3.55.